The molecular weight excluding hydrogens is 336 g/mol. The number of fused-ring (bicyclic) bond motifs is 1. The van der Waals surface area contributed by atoms with Crippen molar-refractivity contribution >= 4 is 5.91 Å². The zero-order chi connectivity index (χ0) is 18.3. The Labute approximate surface area is 148 Å². The molecule has 0 aliphatic carbocycles. The summed E-state index contributed by atoms with van der Waals surface area (Å²) in [6.07, 6.45) is 0.606. The summed E-state index contributed by atoms with van der Waals surface area (Å²) in [5.74, 6) is 0.956. The minimum atomic E-state index is -0.719. The second-order valence-electron chi connectivity index (χ2n) is 5.78. The van der Waals surface area contributed by atoms with Crippen molar-refractivity contribution in [2.75, 3.05) is 13.7 Å². The number of methoxy groups -OCH3 is 1. The first-order chi connectivity index (χ1) is 12.6. The number of nitrogens with two attached hydrogens (primary N) is 1. The number of phenols is 1. The molecule has 0 fully saturated rings. The Morgan fingerprint density at radius 2 is 2.00 bits per heavy atom. The number of benzene rings is 2. The van der Waals surface area contributed by atoms with Crippen LogP contribution in [0.4, 0.5) is 0 Å². The lowest BCUT2D eigenvalue weighted by atomic mass is 10.1. The Hall–Kier alpha value is -3.55. The first kappa shape index (κ1) is 15.9. The average Bonchev–Trinajstić information content (AvgIpc) is 3.29. The molecule has 3 aromatic rings. The van der Waals surface area contributed by atoms with Crippen molar-refractivity contribution in [3.8, 4) is 34.3 Å². The first-order valence-electron chi connectivity index (χ1n) is 7.98. The molecule has 0 bridgehead atoms. The summed E-state index contributed by atoms with van der Waals surface area (Å²) in [6.45, 7) is 0.518. The van der Waals surface area contributed by atoms with Crippen LogP contribution in [0.5, 0.6) is 17.2 Å². The molecule has 0 saturated heterocycles. The van der Waals surface area contributed by atoms with Gasteiger partial charge in [0.1, 0.15) is 17.2 Å². The predicted octanol–water partition coefficient (Wildman–Crippen LogP) is 1.68. The van der Waals surface area contributed by atoms with Crippen molar-refractivity contribution in [3.05, 3.63) is 47.8 Å². The molecule has 2 aromatic carbocycles. The monoisotopic (exact) mass is 352 g/mol. The normalized spacial score (nSPS) is 12.5. The summed E-state index contributed by atoms with van der Waals surface area (Å²) in [5.41, 5.74) is 7.24. The highest BCUT2D eigenvalue weighted by atomic mass is 16.5. The van der Waals surface area contributed by atoms with Gasteiger partial charge in [0, 0.05) is 17.7 Å². The highest BCUT2D eigenvalue weighted by Crippen LogP contribution is 2.40. The van der Waals surface area contributed by atoms with Crippen LogP contribution in [-0.2, 0) is 6.42 Å². The van der Waals surface area contributed by atoms with Gasteiger partial charge in [-0.15, -0.1) is 10.2 Å². The van der Waals surface area contributed by atoms with Gasteiger partial charge in [-0.3, -0.25) is 9.36 Å². The van der Waals surface area contributed by atoms with Gasteiger partial charge in [0.05, 0.1) is 19.3 Å². The molecule has 1 aromatic heterocycles. The van der Waals surface area contributed by atoms with Crippen LogP contribution in [0, 0.1) is 0 Å². The number of hydrogen-bond acceptors (Lipinski definition) is 6. The van der Waals surface area contributed by atoms with Gasteiger partial charge < -0.3 is 20.3 Å². The number of aromatic hydroxyl groups is 1. The van der Waals surface area contributed by atoms with Crippen molar-refractivity contribution in [1.82, 2.24) is 14.8 Å². The molecule has 8 heteroatoms. The third-order valence-electron chi connectivity index (χ3n) is 4.30. The number of hydrogen-bond donors (Lipinski definition) is 2. The van der Waals surface area contributed by atoms with Crippen molar-refractivity contribution in [1.29, 1.82) is 0 Å². The number of phenolic OH excluding ortho intramolecular Hbond substituents is 1. The van der Waals surface area contributed by atoms with Gasteiger partial charge in [-0.1, -0.05) is 0 Å². The largest absolute Gasteiger partial charge is 0.507 e. The summed E-state index contributed by atoms with van der Waals surface area (Å²) >= 11 is 0. The summed E-state index contributed by atoms with van der Waals surface area (Å²) in [6, 6.07) is 10.5. The molecular formula is C18H16N4O4. The Balaban J connectivity index is 1.91. The molecule has 1 aliphatic rings. The van der Waals surface area contributed by atoms with E-state index in [1.807, 2.05) is 0 Å². The molecule has 8 nitrogen and oxygen atoms in total. The van der Waals surface area contributed by atoms with Crippen LogP contribution < -0.4 is 15.2 Å². The maximum absolute atomic E-state index is 11.8. The topological polar surface area (TPSA) is 112 Å². The number of nitrogens with zero attached hydrogens (tertiary/aromatic N) is 3. The molecule has 2 heterocycles. The second-order valence-corrected chi connectivity index (χ2v) is 5.78. The molecule has 1 amide bonds. The van der Waals surface area contributed by atoms with E-state index in [1.54, 1.807) is 43.5 Å². The van der Waals surface area contributed by atoms with E-state index in [1.165, 1.54) is 4.57 Å². The van der Waals surface area contributed by atoms with Crippen molar-refractivity contribution in [3.63, 3.8) is 0 Å². The van der Waals surface area contributed by atoms with Gasteiger partial charge in [0.25, 0.3) is 5.91 Å². The van der Waals surface area contributed by atoms with Crippen LogP contribution in [0.3, 0.4) is 0 Å². The fraction of sp³-hybridized carbons (Fsp3) is 0.167. The summed E-state index contributed by atoms with van der Waals surface area (Å²) in [4.78, 5) is 11.8. The van der Waals surface area contributed by atoms with Crippen LogP contribution in [0.1, 0.15) is 16.2 Å². The van der Waals surface area contributed by atoms with E-state index in [0.29, 0.717) is 47.2 Å². The minimum Gasteiger partial charge on any atom is -0.507 e. The lowest BCUT2D eigenvalue weighted by molar-refractivity contribution is 0.0988. The van der Waals surface area contributed by atoms with Crippen LogP contribution in [0.25, 0.3) is 17.1 Å². The van der Waals surface area contributed by atoms with Crippen molar-refractivity contribution < 1.29 is 19.4 Å². The quantitative estimate of drug-likeness (QED) is 0.739. The predicted molar refractivity (Wildman–Crippen MR) is 92.7 cm³/mol. The van der Waals surface area contributed by atoms with Gasteiger partial charge in [-0.05, 0) is 36.4 Å². The van der Waals surface area contributed by atoms with Gasteiger partial charge in [0.2, 0.25) is 5.82 Å². The highest BCUT2D eigenvalue weighted by molar-refractivity contribution is 5.91. The van der Waals surface area contributed by atoms with Crippen LogP contribution in [-0.4, -0.2) is 39.5 Å². The van der Waals surface area contributed by atoms with Gasteiger partial charge >= 0.3 is 0 Å². The maximum atomic E-state index is 11.8. The summed E-state index contributed by atoms with van der Waals surface area (Å²) < 4.78 is 12.1. The Morgan fingerprint density at radius 1 is 1.23 bits per heavy atom. The number of aromatic nitrogens is 3. The van der Waals surface area contributed by atoms with Gasteiger partial charge in [-0.25, -0.2) is 0 Å². The van der Waals surface area contributed by atoms with E-state index >= 15 is 0 Å². The van der Waals surface area contributed by atoms with Crippen LogP contribution >= 0.6 is 0 Å². The molecule has 0 atom stereocenters. The number of carbonyl (C=O) groups excluding carboxylic acids is 1. The van der Waals surface area contributed by atoms with Gasteiger partial charge in [0.15, 0.2) is 5.82 Å². The van der Waals surface area contributed by atoms with Crippen molar-refractivity contribution in [2.45, 2.75) is 6.42 Å². The molecule has 0 spiro atoms. The number of amides is 1. The first-order valence-corrected chi connectivity index (χ1v) is 7.98. The Kier molecular flexibility index (Phi) is 3.72. The molecule has 0 unspecified atom stereocenters. The molecule has 4 rings (SSSR count). The fourth-order valence-electron chi connectivity index (χ4n) is 3.03. The molecule has 132 valence electrons. The molecule has 1 aliphatic heterocycles. The van der Waals surface area contributed by atoms with E-state index < -0.39 is 5.91 Å². The minimum absolute atomic E-state index is 0.0266. The fourth-order valence-corrected chi connectivity index (χ4v) is 3.03. The smallest absolute Gasteiger partial charge is 0.287 e. The lowest BCUT2D eigenvalue weighted by Gasteiger charge is -2.12. The van der Waals surface area contributed by atoms with E-state index in [4.69, 9.17) is 15.2 Å². The Morgan fingerprint density at radius 3 is 2.69 bits per heavy atom. The third kappa shape index (κ3) is 2.43. The second kappa shape index (κ2) is 6.07. The molecule has 3 N–H and O–H groups in total. The molecule has 0 saturated carbocycles. The lowest BCUT2D eigenvalue weighted by Crippen LogP contribution is -2.17. The SMILES string of the molecule is COc1ccc(-n2c(C(N)=O)nnc2-c2ccc3c(c2O)CCO3)cc1. The average molecular weight is 352 g/mol. The Bertz CT molecular complexity index is 995. The van der Waals surface area contributed by atoms with E-state index in [0.717, 1.165) is 0 Å². The van der Waals surface area contributed by atoms with Crippen LogP contribution in [0.2, 0.25) is 0 Å². The summed E-state index contributed by atoms with van der Waals surface area (Å²) in [5, 5.41) is 18.7. The van der Waals surface area contributed by atoms with Crippen LogP contribution in [0.15, 0.2) is 36.4 Å². The highest BCUT2D eigenvalue weighted by Gasteiger charge is 2.25. The number of primary amides is 1. The third-order valence-corrected chi connectivity index (χ3v) is 4.30. The molecule has 0 radical (unpaired) electrons. The number of carbonyl (C=O) groups is 1. The number of ether oxygens (including phenoxy) is 2. The number of rotatable bonds is 4. The van der Waals surface area contributed by atoms with E-state index in [9.17, 15) is 9.90 Å². The zero-order valence-electron chi connectivity index (χ0n) is 14.0. The zero-order valence-corrected chi connectivity index (χ0v) is 14.0. The molecule has 26 heavy (non-hydrogen) atoms. The van der Waals surface area contributed by atoms with E-state index in [2.05, 4.69) is 10.2 Å². The standard InChI is InChI=1S/C18H16N4O4/c1-25-11-4-2-10(3-5-11)22-17(20-21-18(22)16(19)24)13-6-7-14-12(15(13)23)8-9-26-14/h2-7,23H,8-9H2,1H3,(H2,19,24). The van der Waals surface area contributed by atoms with Gasteiger partial charge in [-0.2, -0.15) is 0 Å². The maximum Gasteiger partial charge on any atom is 0.287 e. The van der Waals surface area contributed by atoms with E-state index in [-0.39, 0.29) is 11.6 Å². The summed E-state index contributed by atoms with van der Waals surface area (Å²) in [7, 11) is 1.57. The van der Waals surface area contributed by atoms with Crippen molar-refractivity contribution in [2.24, 2.45) is 5.73 Å².